The van der Waals surface area contributed by atoms with Crippen LogP contribution < -0.4 is 10.1 Å². The molecule has 0 fully saturated rings. The molecule has 5 nitrogen and oxygen atoms in total. The molecule has 6 heteroatoms. The van der Waals surface area contributed by atoms with Gasteiger partial charge in [0.15, 0.2) is 0 Å². The summed E-state index contributed by atoms with van der Waals surface area (Å²) in [5.74, 6) is -1.07. The van der Waals surface area contributed by atoms with Gasteiger partial charge in [-0.3, -0.25) is 9.59 Å². The average Bonchev–Trinajstić information content (AvgIpc) is 2.99. The number of benzene rings is 1. The topological polar surface area (TPSA) is 75.6 Å². The molecule has 24 heavy (non-hydrogen) atoms. The summed E-state index contributed by atoms with van der Waals surface area (Å²) in [6, 6.07) is 7.35. The number of hydrogen-bond donors (Lipinski definition) is 2. The fourth-order valence-electron chi connectivity index (χ4n) is 2.32. The molecule has 2 aromatic rings. The van der Waals surface area contributed by atoms with E-state index in [1.54, 1.807) is 5.38 Å². The van der Waals surface area contributed by atoms with Crippen LogP contribution in [-0.2, 0) is 11.2 Å². The number of carboxylic acid groups (broad SMARTS) is 1. The highest BCUT2D eigenvalue weighted by atomic mass is 32.1. The lowest BCUT2D eigenvalue weighted by atomic mass is 9.99. The van der Waals surface area contributed by atoms with E-state index in [-0.39, 0.29) is 12.5 Å². The maximum atomic E-state index is 12.1. The minimum absolute atomic E-state index is 0.0939. The zero-order valence-electron chi connectivity index (χ0n) is 13.7. The van der Waals surface area contributed by atoms with Gasteiger partial charge in [-0.05, 0) is 48.9 Å². The van der Waals surface area contributed by atoms with Crippen LogP contribution in [0, 0.1) is 12.8 Å². The van der Waals surface area contributed by atoms with Crippen molar-refractivity contribution in [2.45, 2.75) is 20.3 Å². The largest absolute Gasteiger partial charge is 0.494 e. The highest BCUT2D eigenvalue weighted by Crippen LogP contribution is 2.16. The SMILES string of the molecule is CCOc1ccc(CC(CNC(=O)c2cscc2C)C(=O)O)cc1. The van der Waals surface area contributed by atoms with Crippen molar-refractivity contribution in [3.8, 4) is 5.75 Å². The molecule has 1 aromatic heterocycles. The summed E-state index contributed by atoms with van der Waals surface area (Å²) in [7, 11) is 0. The van der Waals surface area contributed by atoms with E-state index in [4.69, 9.17) is 4.74 Å². The molecular weight excluding hydrogens is 326 g/mol. The molecule has 1 atom stereocenters. The Balaban J connectivity index is 1.95. The predicted octanol–water partition coefficient (Wildman–Crippen LogP) is 3.13. The molecule has 1 aromatic carbocycles. The minimum Gasteiger partial charge on any atom is -0.494 e. The summed E-state index contributed by atoms with van der Waals surface area (Å²) in [5.41, 5.74) is 2.40. The van der Waals surface area contributed by atoms with Gasteiger partial charge in [-0.15, -0.1) is 0 Å². The van der Waals surface area contributed by atoms with Crippen LogP contribution >= 0.6 is 11.3 Å². The summed E-state index contributed by atoms with van der Waals surface area (Å²) in [6.07, 6.45) is 0.352. The second-order valence-electron chi connectivity index (χ2n) is 5.49. The molecular formula is C18H21NO4S. The van der Waals surface area contributed by atoms with E-state index in [1.165, 1.54) is 11.3 Å². The van der Waals surface area contributed by atoms with Crippen LogP contribution in [0.1, 0.15) is 28.4 Å². The van der Waals surface area contributed by atoms with Crippen LogP contribution in [0.4, 0.5) is 0 Å². The van der Waals surface area contributed by atoms with Gasteiger partial charge in [-0.2, -0.15) is 11.3 Å². The molecule has 0 saturated heterocycles. The third kappa shape index (κ3) is 4.83. The fraction of sp³-hybridized carbons (Fsp3) is 0.333. The third-order valence-electron chi connectivity index (χ3n) is 3.67. The van der Waals surface area contributed by atoms with Crippen molar-refractivity contribution in [3.05, 3.63) is 51.7 Å². The van der Waals surface area contributed by atoms with E-state index < -0.39 is 11.9 Å². The molecule has 1 heterocycles. The zero-order chi connectivity index (χ0) is 17.5. The molecule has 0 aliphatic carbocycles. The van der Waals surface area contributed by atoms with Gasteiger partial charge in [-0.25, -0.2) is 0 Å². The second-order valence-corrected chi connectivity index (χ2v) is 6.24. The van der Waals surface area contributed by atoms with Gasteiger partial charge in [0, 0.05) is 11.9 Å². The van der Waals surface area contributed by atoms with Crippen LogP contribution in [-0.4, -0.2) is 30.1 Å². The number of amides is 1. The molecule has 1 amide bonds. The number of carbonyl (C=O) groups excluding carboxylic acids is 1. The predicted molar refractivity (Wildman–Crippen MR) is 93.8 cm³/mol. The highest BCUT2D eigenvalue weighted by molar-refractivity contribution is 7.08. The molecule has 1 unspecified atom stereocenters. The lowest BCUT2D eigenvalue weighted by Crippen LogP contribution is -2.34. The van der Waals surface area contributed by atoms with Gasteiger partial charge in [0.25, 0.3) is 5.91 Å². The van der Waals surface area contributed by atoms with Crippen LogP contribution in [0.25, 0.3) is 0 Å². The number of hydrogen-bond acceptors (Lipinski definition) is 4. The number of rotatable bonds is 8. The van der Waals surface area contributed by atoms with Crippen molar-refractivity contribution in [1.82, 2.24) is 5.32 Å². The summed E-state index contributed by atoms with van der Waals surface area (Å²) in [5, 5.41) is 15.8. The molecule has 2 rings (SSSR count). The number of nitrogens with one attached hydrogen (secondary N) is 1. The average molecular weight is 347 g/mol. The lowest BCUT2D eigenvalue weighted by molar-refractivity contribution is -0.141. The lowest BCUT2D eigenvalue weighted by Gasteiger charge is -2.14. The molecule has 0 saturated carbocycles. The molecule has 0 radical (unpaired) electrons. The van der Waals surface area contributed by atoms with Crippen LogP contribution in [0.5, 0.6) is 5.75 Å². The zero-order valence-corrected chi connectivity index (χ0v) is 14.6. The van der Waals surface area contributed by atoms with E-state index in [0.717, 1.165) is 16.9 Å². The quantitative estimate of drug-likeness (QED) is 0.769. The van der Waals surface area contributed by atoms with Gasteiger partial charge < -0.3 is 15.2 Å². The van der Waals surface area contributed by atoms with Gasteiger partial charge in [0.05, 0.1) is 18.1 Å². The van der Waals surface area contributed by atoms with Crippen molar-refractivity contribution in [1.29, 1.82) is 0 Å². The minimum atomic E-state index is -0.925. The first-order valence-electron chi connectivity index (χ1n) is 7.76. The van der Waals surface area contributed by atoms with Crippen molar-refractivity contribution in [2.75, 3.05) is 13.2 Å². The Bertz CT molecular complexity index is 693. The molecule has 0 aliphatic rings. The summed E-state index contributed by atoms with van der Waals surface area (Å²) in [4.78, 5) is 23.6. The van der Waals surface area contributed by atoms with Crippen molar-refractivity contribution in [3.63, 3.8) is 0 Å². The molecule has 0 bridgehead atoms. The number of thiophene rings is 1. The molecule has 0 spiro atoms. The number of carboxylic acids is 1. The maximum Gasteiger partial charge on any atom is 0.308 e. The van der Waals surface area contributed by atoms with Crippen LogP contribution in [0.15, 0.2) is 35.0 Å². The van der Waals surface area contributed by atoms with E-state index in [0.29, 0.717) is 18.6 Å². The first-order chi connectivity index (χ1) is 11.5. The normalized spacial score (nSPS) is 11.8. The number of carbonyl (C=O) groups is 2. The fourth-order valence-corrected chi connectivity index (χ4v) is 3.15. The van der Waals surface area contributed by atoms with Crippen molar-refractivity contribution >= 4 is 23.2 Å². The van der Waals surface area contributed by atoms with Gasteiger partial charge >= 0.3 is 5.97 Å². The Morgan fingerprint density at radius 3 is 2.50 bits per heavy atom. The highest BCUT2D eigenvalue weighted by Gasteiger charge is 2.20. The Kier molecular flexibility index (Phi) is 6.37. The van der Waals surface area contributed by atoms with Gasteiger partial charge in [-0.1, -0.05) is 12.1 Å². The molecule has 128 valence electrons. The van der Waals surface area contributed by atoms with E-state index in [1.807, 2.05) is 43.5 Å². The summed E-state index contributed by atoms with van der Waals surface area (Å²) in [6.45, 7) is 4.45. The summed E-state index contributed by atoms with van der Waals surface area (Å²) < 4.78 is 5.37. The number of aliphatic carboxylic acids is 1. The smallest absolute Gasteiger partial charge is 0.308 e. The summed E-state index contributed by atoms with van der Waals surface area (Å²) >= 11 is 1.45. The van der Waals surface area contributed by atoms with E-state index in [2.05, 4.69) is 5.32 Å². The second kappa shape index (κ2) is 8.49. The Labute approximate surface area is 145 Å². The van der Waals surface area contributed by atoms with Crippen molar-refractivity contribution < 1.29 is 19.4 Å². The van der Waals surface area contributed by atoms with Gasteiger partial charge in [0.1, 0.15) is 5.75 Å². The van der Waals surface area contributed by atoms with Crippen LogP contribution in [0.3, 0.4) is 0 Å². The monoisotopic (exact) mass is 347 g/mol. The van der Waals surface area contributed by atoms with Crippen LogP contribution in [0.2, 0.25) is 0 Å². The number of aryl methyl sites for hydroxylation is 1. The van der Waals surface area contributed by atoms with E-state index in [9.17, 15) is 14.7 Å². The molecule has 2 N–H and O–H groups in total. The Morgan fingerprint density at radius 1 is 1.25 bits per heavy atom. The Morgan fingerprint density at radius 2 is 1.96 bits per heavy atom. The standard InChI is InChI=1S/C18H21NO4S/c1-3-23-15-6-4-13(5-7-15)8-14(18(21)22)9-19-17(20)16-11-24-10-12(16)2/h4-7,10-11,14H,3,8-9H2,1-2H3,(H,19,20)(H,21,22). The van der Waals surface area contributed by atoms with Crippen molar-refractivity contribution in [2.24, 2.45) is 5.92 Å². The maximum absolute atomic E-state index is 12.1. The third-order valence-corrected chi connectivity index (χ3v) is 4.54. The number of ether oxygens (including phenoxy) is 1. The Hall–Kier alpha value is -2.34. The first-order valence-corrected chi connectivity index (χ1v) is 8.71. The first kappa shape index (κ1) is 18.0. The van der Waals surface area contributed by atoms with Gasteiger partial charge in [0.2, 0.25) is 0 Å². The molecule has 0 aliphatic heterocycles. The van der Waals surface area contributed by atoms with E-state index >= 15 is 0 Å².